The van der Waals surface area contributed by atoms with E-state index in [1.165, 1.54) is 55.6 Å². The SMILES string of the molecule is Cc1cc(O)c(C)cc1O.Cc1ccc(C)c(C)c1.Cc1ccc(C)c(O)c1.Cc1ccc(C)cc1.Cc1ccc(C)nc1.Cc1cccc(C)c1.Cc1cccc(C)n1.Cc1cncc(C)c1. The number of phenolic OH excluding ortho intramolecular Hbond substituents is 3. The number of benzene rings is 5. The standard InChI is InChI=1S/C9H12.C8H10O2.C8H10O.2C8H10.3C7H9N/c1-7-4-5-8(2)9(3)6-7;1-5-3-8(10)6(2)4-7(5)9;1-6-3-4-7(2)8(9)5-6;1-7-3-5-8(2)6-4-7;1-7-4-3-5-8(2)6-7;1-6-3-7(2)5-8-4-6;1-6-3-4-7(2)8-5-6;1-6-4-3-5-7(2)8-6/h4-6H,1-3H3;3-4,9-10H,1-2H3;3-5,9H,1-2H3;2*3-6H,1-2H3;3*3-5H,1-2H3. The van der Waals surface area contributed by atoms with Gasteiger partial charge in [-0.15, -0.1) is 0 Å². The van der Waals surface area contributed by atoms with Crippen molar-refractivity contribution in [2.45, 2.75) is 118 Å². The molecule has 0 amide bonds. The van der Waals surface area contributed by atoms with Gasteiger partial charge in [-0.3, -0.25) is 15.0 Å². The Hall–Kier alpha value is -7.05. The van der Waals surface area contributed by atoms with Crippen LogP contribution in [0.1, 0.15) is 95.0 Å². The van der Waals surface area contributed by atoms with Crippen LogP contribution in [0, 0.1) is 118 Å². The van der Waals surface area contributed by atoms with Crippen molar-refractivity contribution in [3.8, 4) is 17.2 Å². The van der Waals surface area contributed by atoms with E-state index in [4.69, 9.17) is 15.3 Å². The minimum Gasteiger partial charge on any atom is -0.508 e. The number of nitrogens with zero attached hydrogens (tertiary/aromatic N) is 3. The van der Waals surface area contributed by atoms with Crippen LogP contribution in [0.25, 0.3) is 0 Å². The summed E-state index contributed by atoms with van der Waals surface area (Å²) >= 11 is 0. The Morgan fingerprint density at radius 3 is 0.956 bits per heavy atom. The highest BCUT2D eigenvalue weighted by Gasteiger charge is 2.00. The van der Waals surface area contributed by atoms with Crippen LogP contribution in [0.3, 0.4) is 0 Å². The summed E-state index contributed by atoms with van der Waals surface area (Å²) in [7, 11) is 0. The molecule has 0 aliphatic carbocycles. The fourth-order valence-electron chi connectivity index (χ4n) is 5.77. The Labute approximate surface area is 410 Å². The molecule has 0 atom stereocenters. The van der Waals surface area contributed by atoms with Crippen LogP contribution in [0.4, 0.5) is 0 Å². The second-order valence-electron chi connectivity index (χ2n) is 17.6. The zero-order valence-corrected chi connectivity index (χ0v) is 44.1. The minimum absolute atomic E-state index is 0.232. The van der Waals surface area contributed by atoms with E-state index in [0.717, 1.165) is 28.2 Å². The maximum atomic E-state index is 9.11. The molecule has 8 aromatic rings. The maximum absolute atomic E-state index is 9.11. The van der Waals surface area contributed by atoms with E-state index in [9.17, 15) is 0 Å². The van der Waals surface area contributed by atoms with Gasteiger partial charge in [0, 0.05) is 35.7 Å². The number of pyridine rings is 3. The Kier molecular flexibility index (Phi) is 27.6. The van der Waals surface area contributed by atoms with Crippen LogP contribution in [-0.2, 0) is 0 Å². The molecule has 0 unspecified atom stereocenters. The predicted octanol–water partition coefficient (Wildman–Crippen LogP) is 16.0. The lowest BCUT2D eigenvalue weighted by Crippen LogP contribution is -1.81. The Morgan fingerprint density at radius 2 is 0.647 bits per heavy atom. The molecule has 6 heteroatoms. The number of phenols is 3. The normalized spacial score (nSPS) is 9.43. The fraction of sp³-hybridized carbons (Fsp3) is 0.274. The van der Waals surface area contributed by atoms with Gasteiger partial charge in [0.15, 0.2) is 0 Å². The monoisotopic (exact) mass is 914 g/mol. The summed E-state index contributed by atoms with van der Waals surface area (Å²) in [6, 6.07) is 44.3. The average Bonchev–Trinajstić information content (AvgIpc) is 3.26. The summed E-state index contributed by atoms with van der Waals surface area (Å²) < 4.78 is 0. The van der Waals surface area contributed by atoms with Gasteiger partial charge in [0.1, 0.15) is 17.2 Å². The van der Waals surface area contributed by atoms with Crippen molar-refractivity contribution in [2.24, 2.45) is 0 Å². The largest absolute Gasteiger partial charge is 0.508 e. The number of aromatic hydroxyl groups is 3. The van der Waals surface area contributed by atoms with Gasteiger partial charge in [-0.05, 0) is 204 Å². The zero-order valence-electron chi connectivity index (χ0n) is 44.1. The van der Waals surface area contributed by atoms with E-state index >= 15 is 0 Å². The molecule has 5 aromatic carbocycles. The molecule has 0 aliphatic rings. The van der Waals surface area contributed by atoms with Crippen LogP contribution in [0.2, 0.25) is 0 Å². The Balaban J connectivity index is 0.000000389. The summed E-state index contributed by atoms with van der Waals surface area (Å²) in [5.41, 5.74) is 19.8. The number of rotatable bonds is 0. The molecule has 3 heterocycles. The molecule has 8 rings (SSSR count). The van der Waals surface area contributed by atoms with E-state index < -0.39 is 0 Å². The summed E-state index contributed by atoms with van der Waals surface area (Å²) in [6.45, 7) is 34.2. The quantitative estimate of drug-likeness (QED) is 0.131. The summed E-state index contributed by atoms with van der Waals surface area (Å²) in [5.74, 6) is 0.848. The second kappa shape index (κ2) is 31.8. The third kappa shape index (κ3) is 27.4. The van der Waals surface area contributed by atoms with Crippen molar-refractivity contribution >= 4 is 0 Å². The van der Waals surface area contributed by atoms with Crippen LogP contribution in [0.5, 0.6) is 17.2 Å². The molecule has 0 fully saturated rings. The number of hydrogen-bond donors (Lipinski definition) is 3. The lowest BCUT2D eigenvalue weighted by Gasteiger charge is -2.01. The van der Waals surface area contributed by atoms with Gasteiger partial charge in [-0.1, -0.05) is 125 Å². The summed E-state index contributed by atoms with van der Waals surface area (Å²) in [4.78, 5) is 12.2. The Bertz CT molecular complexity index is 2330. The topological polar surface area (TPSA) is 99.4 Å². The van der Waals surface area contributed by atoms with Crippen molar-refractivity contribution in [1.29, 1.82) is 0 Å². The molecule has 0 bridgehead atoms. The highest BCUT2D eigenvalue weighted by atomic mass is 16.3. The maximum Gasteiger partial charge on any atom is 0.119 e. The first-order chi connectivity index (χ1) is 31.9. The second-order valence-corrected chi connectivity index (χ2v) is 17.6. The molecule has 0 radical (unpaired) electrons. The van der Waals surface area contributed by atoms with E-state index in [1.54, 1.807) is 32.0 Å². The smallest absolute Gasteiger partial charge is 0.119 e. The first kappa shape index (κ1) is 59.0. The van der Waals surface area contributed by atoms with Crippen LogP contribution in [-0.4, -0.2) is 30.3 Å². The van der Waals surface area contributed by atoms with E-state index in [1.807, 2.05) is 110 Å². The van der Waals surface area contributed by atoms with Crippen molar-refractivity contribution in [2.75, 3.05) is 0 Å². The van der Waals surface area contributed by atoms with Gasteiger partial charge in [0.2, 0.25) is 0 Å². The highest BCUT2D eigenvalue weighted by molar-refractivity contribution is 5.43. The van der Waals surface area contributed by atoms with E-state index in [-0.39, 0.29) is 11.5 Å². The summed E-state index contributed by atoms with van der Waals surface area (Å²) in [6.07, 6.45) is 5.58. The average molecular weight is 914 g/mol. The van der Waals surface area contributed by atoms with Gasteiger partial charge in [0.25, 0.3) is 0 Å². The lowest BCUT2D eigenvalue weighted by atomic mass is 10.1. The molecule has 0 spiro atoms. The van der Waals surface area contributed by atoms with Crippen molar-refractivity contribution < 1.29 is 15.3 Å². The molecule has 3 N–H and O–H groups in total. The first-order valence-electron chi connectivity index (χ1n) is 23.0. The molecule has 3 aromatic heterocycles. The van der Waals surface area contributed by atoms with Gasteiger partial charge >= 0.3 is 0 Å². The van der Waals surface area contributed by atoms with Crippen LogP contribution >= 0.6 is 0 Å². The number of hydrogen-bond acceptors (Lipinski definition) is 6. The predicted molar refractivity (Wildman–Crippen MR) is 290 cm³/mol. The number of aryl methyl sites for hydroxylation is 17. The van der Waals surface area contributed by atoms with E-state index in [0.29, 0.717) is 16.9 Å². The molecule has 360 valence electrons. The Morgan fingerprint density at radius 1 is 0.265 bits per heavy atom. The van der Waals surface area contributed by atoms with Crippen LogP contribution in [0.15, 0.2) is 152 Å². The number of aromatic nitrogens is 3. The van der Waals surface area contributed by atoms with Crippen molar-refractivity contribution in [3.63, 3.8) is 0 Å². The molecule has 0 saturated heterocycles. The fourth-order valence-corrected chi connectivity index (χ4v) is 5.77. The molecule has 6 nitrogen and oxygen atoms in total. The van der Waals surface area contributed by atoms with Gasteiger partial charge in [-0.25, -0.2) is 0 Å². The van der Waals surface area contributed by atoms with Crippen molar-refractivity contribution in [3.05, 3.63) is 247 Å². The lowest BCUT2D eigenvalue weighted by molar-refractivity contribution is 0.453. The highest BCUT2D eigenvalue weighted by Crippen LogP contribution is 2.25. The zero-order chi connectivity index (χ0) is 51.3. The summed E-state index contributed by atoms with van der Waals surface area (Å²) in [5, 5.41) is 27.3. The molecule has 0 aliphatic heterocycles. The third-order valence-corrected chi connectivity index (χ3v) is 10.0. The van der Waals surface area contributed by atoms with E-state index in [2.05, 4.69) is 142 Å². The first-order valence-corrected chi connectivity index (χ1v) is 23.0. The molecule has 0 saturated carbocycles. The van der Waals surface area contributed by atoms with Crippen LogP contribution < -0.4 is 0 Å². The van der Waals surface area contributed by atoms with Gasteiger partial charge in [-0.2, -0.15) is 0 Å². The van der Waals surface area contributed by atoms with Gasteiger partial charge < -0.3 is 15.3 Å². The van der Waals surface area contributed by atoms with Crippen molar-refractivity contribution in [1.82, 2.24) is 15.0 Å². The molecular formula is C62H79N3O3. The third-order valence-electron chi connectivity index (χ3n) is 10.0. The minimum atomic E-state index is 0.232. The molecular weight excluding hydrogens is 835 g/mol. The molecule has 68 heavy (non-hydrogen) atoms. The van der Waals surface area contributed by atoms with Gasteiger partial charge in [0.05, 0.1) is 0 Å².